The molecule has 4 N–H and O–H groups in total. The molecule has 0 amide bonds. The maximum absolute atomic E-state index is 13.6. The quantitative estimate of drug-likeness (QED) is 0.0599. The van der Waals surface area contributed by atoms with Crippen LogP contribution in [0.1, 0.15) is 134 Å². The number of alkyl halides is 3. The molecule has 12 aromatic heterocycles. The Morgan fingerprint density at radius 3 is 1.18 bits per heavy atom. The first-order chi connectivity index (χ1) is 51.8. The molecule has 556 valence electrons. The van der Waals surface area contributed by atoms with E-state index in [1.807, 2.05) is 123 Å². The monoisotopic (exact) mass is 1520 g/mol. The van der Waals surface area contributed by atoms with Crippen LogP contribution in [0, 0.1) is 11.8 Å². The summed E-state index contributed by atoms with van der Waals surface area (Å²) in [6.07, 6.45) is 14.7. The minimum absolute atomic E-state index is 0.0416. The van der Waals surface area contributed by atoms with Crippen molar-refractivity contribution in [2.24, 2.45) is 17.6 Å². The Labute approximate surface area is 634 Å². The molecule has 29 heteroatoms. The number of nitrogens with one attached hydrogen (secondary N) is 1. The van der Waals surface area contributed by atoms with Crippen LogP contribution >= 0.6 is 34.8 Å². The number of carbonyl (C=O) groups excluding carboxylic acids is 2. The Bertz CT molecular complexity index is 5730. The minimum atomic E-state index is -1.08. The summed E-state index contributed by atoms with van der Waals surface area (Å²) in [5, 5.41) is 30.3. The van der Waals surface area contributed by atoms with Gasteiger partial charge in [0, 0.05) is 171 Å². The zero-order valence-electron chi connectivity index (χ0n) is 60.7. The average Bonchev–Trinajstić information content (AvgIpc) is 1.31. The van der Waals surface area contributed by atoms with Crippen molar-refractivity contribution in [3.63, 3.8) is 0 Å². The van der Waals surface area contributed by atoms with E-state index in [1.54, 1.807) is 45.4 Å². The Balaban J connectivity index is 0.000000132. The molecule has 2 aromatic carbocycles. The van der Waals surface area contributed by atoms with Crippen LogP contribution in [0.25, 0.3) is 83.8 Å². The van der Waals surface area contributed by atoms with E-state index in [9.17, 15) is 32.7 Å². The van der Waals surface area contributed by atoms with Gasteiger partial charge in [-0.2, -0.15) is 28.8 Å². The first kappa shape index (κ1) is 74.1. The summed E-state index contributed by atoms with van der Waals surface area (Å²) < 4.78 is 49.4. The fourth-order valence-electron chi connectivity index (χ4n) is 13.2. The van der Waals surface area contributed by atoms with Crippen molar-refractivity contribution in [2.75, 3.05) is 36.3 Å². The van der Waals surface area contributed by atoms with E-state index in [4.69, 9.17) is 55.5 Å². The Kier molecular flexibility index (Phi) is 20.9. The predicted octanol–water partition coefficient (Wildman–Crippen LogP) is 16.9. The van der Waals surface area contributed by atoms with Crippen LogP contribution in [0.3, 0.4) is 0 Å². The summed E-state index contributed by atoms with van der Waals surface area (Å²) in [6.45, 7) is 13.8. The number of aromatic carboxylic acids is 1. The highest BCUT2D eigenvalue weighted by atomic mass is 35.5. The second-order valence-corrected chi connectivity index (χ2v) is 29.9. The van der Waals surface area contributed by atoms with Gasteiger partial charge in [-0.1, -0.05) is 95.5 Å². The smallest absolute Gasteiger partial charge is 0.341 e. The lowest BCUT2D eigenvalue weighted by molar-refractivity contribution is 0.0698. The normalized spacial score (nSPS) is 17.1. The number of nitrogens with zero attached hydrogens (tertiary/aromatic N) is 17. The zero-order chi connectivity index (χ0) is 76.3. The van der Waals surface area contributed by atoms with Crippen LogP contribution in [0.15, 0.2) is 153 Å². The molecule has 0 spiro atoms. The number of aromatic nitrogens is 15. The third kappa shape index (κ3) is 15.3. The number of halogens is 6. The molecule has 23 nitrogen and oxygen atoms in total. The molecule has 0 aliphatic heterocycles. The van der Waals surface area contributed by atoms with Crippen molar-refractivity contribution in [2.45, 2.75) is 129 Å². The molecule has 0 unspecified atom stereocenters. The van der Waals surface area contributed by atoms with Gasteiger partial charge in [0.1, 0.15) is 58.5 Å². The van der Waals surface area contributed by atoms with Gasteiger partial charge in [0.25, 0.3) is 0 Å². The number of carboxylic acids is 1. The molecule has 108 heavy (non-hydrogen) atoms. The average molecular weight is 1520 g/mol. The van der Waals surface area contributed by atoms with E-state index in [1.165, 1.54) is 12.4 Å². The van der Waals surface area contributed by atoms with Crippen LogP contribution < -0.4 is 20.9 Å². The van der Waals surface area contributed by atoms with E-state index in [-0.39, 0.29) is 71.6 Å². The number of hydrogen-bond donors (Lipinski definition) is 3. The molecular weight excluding hydrogens is 1440 g/mol. The number of rotatable bonds is 20. The highest BCUT2D eigenvalue weighted by Crippen LogP contribution is 2.42. The molecule has 0 bridgehead atoms. The van der Waals surface area contributed by atoms with Crippen LogP contribution in [0.4, 0.5) is 30.6 Å². The van der Waals surface area contributed by atoms with Crippen molar-refractivity contribution in [3.8, 4) is 33.8 Å². The van der Waals surface area contributed by atoms with Crippen LogP contribution in [-0.2, 0) is 13.1 Å². The molecule has 14 aromatic rings. The van der Waals surface area contributed by atoms with Gasteiger partial charge < -0.3 is 39.7 Å². The summed E-state index contributed by atoms with van der Waals surface area (Å²) in [6, 6.07) is 32.0. The maximum atomic E-state index is 13.6. The number of carbonyl (C=O) groups is 3. The second kappa shape index (κ2) is 30.5. The lowest BCUT2D eigenvalue weighted by atomic mass is 10.1. The number of Topliss-reactive ketones (excluding diaryl/α,β-unsaturated/α-hetero) is 2. The summed E-state index contributed by atoms with van der Waals surface area (Å²) in [5.41, 5.74) is 16.2. The number of anilines is 3. The van der Waals surface area contributed by atoms with Crippen molar-refractivity contribution >= 4 is 120 Å². The lowest BCUT2D eigenvalue weighted by Crippen LogP contribution is -2.20. The summed E-state index contributed by atoms with van der Waals surface area (Å²) >= 11 is 18.9. The van der Waals surface area contributed by atoms with Crippen LogP contribution in [-0.4, -0.2) is 141 Å². The predicted molar refractivity (Wildman–Crippen MR) is 416 cm³/mol. The first-order valence-electron chi connectivity index (χ1n) is 35.6. The molecular formula is C79H79Cl3F3N19O4. The zero-order valence-corrected chi connectivity index (χ0v) is 63.0. The standard InChI is InChI=1S/C29H28ClFN6O.C25H23ClN6O2.C22H22ClFN6O.C3H6FN/c1-17(2)36-16-23(21-11-20(30)13-32-28(21)36)25-12-27(35(3)15-18-7-5-4-6-8-18)37-29(34-25)22(14-33-37)26(38)10-19-9-24(19)31;1-15(2)31-14-20(18-9-17(26)11-27-23(18)31)21-10-22(30(3)13-16-7-5-4-6-8-16)32-24(29-21)19(12-28-32)25(33)34;1-11(2)29-10-16(14-6-13(23)8-26-21(14)29)18-7-20(25-3)30-22(28-18)15(9-27-30)19(31)5-12-4-17(12)24;4-2-1-3(2)5/h4-8,11-14,16-17,19,24H,9-10,15H2,1-3H3;4-12,14-15H,13H2,1-3H3,(H,33,34);6-12,17,25H,4-5H2,1-3H3;2-3H,1,5H2/t19-,24-;;12-,17-;2-,3+/m0.00/s1. The summed E-state index contributed by atoms with van der Waals surface area (Å²) in [7, 11) is 5.72. The maximum Gasteiger partial charge on any atom is 0.341 e. The Morgan fingerprint density at radius 2 is 0.843 bits per heavy atom. The molecule has 3 aliphatic rings. The molecule has 0 saturated heterocycles. The highest BCUT2D eigenvalue weighted by Gasteiger charge is 2.41. The van der Waals surface area contributed by atoms with E-state index >= 15 is 0 Å². The molecule has 17 rings (SSSR count). The largest absolute Gasteiger partial charge is 0.477 e. The number of nitrogens with two attached hydrogens (primary N) is 1. The van der Waals surface area contributed by atoms with Gasteiger partial charge in [-0.25, -0.2) is 47.9 Å². The van der Waals surface area contributed by atoms with Crippen molar-refractivity contribution in [1.82, 2.24) is 72.4 Å². The van der Waals surface area contributed by atoms with E-state index in [0.717, 1.165) is 72.6 Å². The van der Waals surface area contributed by atoms with Gasteiger partial charge in [-0.05, 0) is 90.1 Å². The van der Waals surface area contributed by atoms with Gasteiger partial charge in [0.2, 0.25) is 0 Å². The first-order valence-corrected chi connectivity index (χ1v) is 36.8. The van der Waals surface area contributed by atoms with Gasteiger partial charge in [0.15, 0.2) is 28.5 Å². The van der Waals surface area contributed by atoms with Crippen LogP contribution in [0.5, 0.6) is 0 Å². The number of benzene rings is 2. The fraction of sp³-hybridized carbons (Fsp3) is 0.316. The van der Waals surface area contributed by atoms with Gasteiger partial charge in [-0.15, -0.1) is 0 Å². The Hall–Kier alpha value is -10.8. The third-order valence-corrected chi connectivity index (χ3v) is 20.1. The number of carboxylic acid groups (broad SMARTS) is 1. The minimum Gasteiger partial charge on any atom is -0.477 e. The van der Waals surface area contributed by atoms with Gasteiger partial charge in [-0.3, -0.25) is 9.59 Å². The van der Waals surface area contributed by atoms with E-state index in [0.29, 0.717) is 92.7 Å². The van der Waals surface area contributed by atoms with E-state index in [2.05, 4.69) is 108 Å². The number of fused-ring (bicyclic) bond motifs is 6. The highest BCUT2D eigenvalue weighted by molar-refractivity contribution is 6.32. The summed E-state index contributed by atoms with van der Waals surface area (Å²) in [4.78, 5) is 70.1. The van der Waals surface area contributed by atoms with Crippen LogP contribution in [0.2, 0.25) is 15.1 Å². The lowest BCUT2D eigenvalue weighted by Gasteiger charge is -2.21. The number of ketones is 2. The molecule has 3 fully saturated rings. The van der Waals surface area contributed by atoms with Crippen molar-refractivity contribution in [3.05, 3.63) is 196 Å². The molecule has 12 heterocycles. The van der Waals surface area contributed by atoms with E-state index < -0.39 is 24.5 Å². The van der Waals surface area contributed by atoms with Crippen molar-refractivity contribution in [1.29, 1.82) is 0 Å². The number of pyridine rings is 3. The third-order valence-electron chi connectivity index (χ3n) is 19.5. The SMILES string of the molecule is CC(C)n1cc(-c2cc(N(C)Cc3ccccc3)n3ncc(C(=O)C[C@@H]4C[C@@H]4F)c3n2)c2cc(Cl)cnc21.CC(C)n1cc(-c2cc(N(C)Cc3ccccc3)n3ncc(C(=O)O)c3n2)c2cc(Cl)cnc21.CNc1cc(-c2cn(C(C)C)c3ncc(Cl)cc23)nc2c(C(=O)C[C@@H]3C[C@@H]3F)cnn12.N[C@@H]1C[C@@H]1F. The molecule has 6 atom stereocenters. The fourth-order valence-corrected chi connectivity index (χ4v) is 13.7. The van der Waals surface area contributed by atoms with Gasteiger partial charge in [0.05, 0.1) is 61.9 Å². The van der Waals surface area contributed by atoms with Crippen molar-refractivity contribution < 1.29 is 32.7 Å². The molecule has 0 radical (unpaired) electrons. The number of hydrogen-bond acceptors (Lipinski definition) is 16. The topological polar surface area (TPSA) is 260 Å². The Morgan fingerprint density at radius 1 is 0.509 bits per heavy atom. The molecule has 3 aliphatic carbocycles. The molecule has 3 saturated carbocycles. The second-order valence-electron chi connectivity index (χ2n) is 28.5. The van der Waals surface area contributed by atoms with Gasteiger partial charge >= 0.3 is 5.97 Å². The summed E-state index contributed by atoms with van der Waals surface area (Å²) in [5.74, 6) is 0.437.